The van der Waals surface area contributed by atoms with Gasteiger partial charge in [-0.2, -0.15) is 4.57 Å². The fourth-order valence-corrected chi connectivity index (χ4v) is 3.66. The molecule has 5 aromatic rings. The molecule has 120 valence electrons. The van der Waals surface area contributed by atoms with Crippen molar-refractivity contribution >= 4 is 32.8 Å². The van der Waals surface area contributed by atoms with Crippen molar-refractivity contribution in [2.45, 2.75) is 6.92 Å². The number of rotatable bonds is 1. The van der Waals surface area contributed by atoms with Crippen molar-refractivity contribution in [3.05, 3.63) is 72.6 Å². The molecule has 0 unspecified atom stereocenters. The van der Waals surface area contributed by atoms with Gasteiger partial charge in [-0.3, -0.25) is 4.98 Å². The van der Waals surface area contributed by atoms with E-state index in [1.165, 1.54) is 11.1 Å². The molecule has 0 atom stereocenters. The number of hydrogen-bond acceptors (Lipinski definition) is 2. The predicted octanol–water partition coefficient (Wildman–Crippen LogP) is 4.93. The summed E-state index contributed by atoms with van der Waals surface area (Å²) in [7, 11) is 2.06. The molecule has 0 aliphatic rings. The molecule has 0 N–H and O–H groups in total. The number of aryl methyl sites for hydroxylation is 2. The number of fused-ring (bicyclic) bond motifs is 5. The summed E-state index contributed by atoms with van der Waals surface area (Å²) < 4.78 is 8.45. The van der Waals surface area contributed by atoms with Crippen molar-refractivity contribution in [3.63, 3.8) is 0 Å². The number of furan rings is 1. The molecule has 0 saturated carbocycles. The molecule has 2 aromatic carbocycles. The van der Waals surface area contributed by atoms with Crippen LogP contribution in [-0.2, 0) is 7.05 Å². The molecule has 25 heavy (non-hydrogen) atoms. The number of benzene rings is 2. The molecule has 0 spiro atoms. The SMILES string of the molecule is Cc1ccccc1-c1c2oc3ccc4cccnc4c3c2cc[n+]1C. The summed E-state index contributed by atoms with van der Waals surface area (Å²) in [5.74, 6) is 0. The summed E-state index contributed by atoms with van der Waals surface area (Å²) in [4.78, 5) is 4.61. The molecule has 0 bridgehead atoms. The van der Waals surface area contributed by atoms with E-state index < -0.39 is 0 Å². The van der Waals surface area contributed by atoms with Gasteiger partial charge in [-0.25, -0.2) is 0 Å². The predicted molar refractivity (Wildman–Crippen MR) is 100 cm³/mol. The summed E-state index contributed by atoms with van der Waals surface area (Å²) in [5.41, 5.74) is 6.29. The fourth-order valence-electron chi connectivity index (χ4n) is 3.66. The minimum atomic E-state index is 0.877. The summed E-state index contributed by atoms with van der Waals surface area (Å²) in [6.45, 7) is 2.13. The molecule has 0 aliphatic carbocycles. The number of aromatic nitrogens is 2. The van der Waals surface area contributed by atoms with E-state index in [0.29, 0.717) is 0 Å². The molecular weight excluding hydrogens is 308 g/mol. The molecule has 3 aromatic heterocycles. The maximum Gasteiger partial charge on any atom is 0.256 e. The van der Waals surface area contributed by atoms with Crippen LogP contribution < -0.4 is 4.57 Å². The van der Waals surface area contributed by atoms with E-state index in [9.17, 15) is 0 Å². The van der Waals surface area contributed by atoms with Crippen LogP contribution in [0.5, 0.6) is 0 Å². The zero-order valence-electron chi connectivity index (χ0n) is 14.2. The van der Waals surface area contributed by atoms with Crippen LogP contribution in [0.25, 0.3) is 44.1 Å². The summed E-state index contributed by atoms with van der Waals surface area (Å²) in [5, 5.41) is 3.32. The van der Waals surface area contributed by atoms with Crippen LogP contribution in [0.2, 0.25) is 0 Å². The Balaban J connectivity index is 1.99. The van der Waals surface area contributed by atoms with E-state index in [4.69, 9.17) is 4.42 Å². The Hall–Kier alpha value is -3.20. The maximum absolute atomic E-state index is 6.32. The van der Waals surface area contributed by atoms with Crippen molar-refractivity contribution in [2.75, 3.05) is 0 Å². The number of hydrogen-bond donors (Lipinski definition) is 0. The molecular formula is C22H17N2O+. The molecule has 0 fully saturated rings. The van der Waals surface area contributed by atoms with Gasteiger partial charge >= 0.3 is 0 Å². The van der Waals surface area contributed by atoms with E-state index in [0.717, 1.165) is 38.5 Å². The highest BCUT2D eigenvalue weighted by Crippen LogP contribution is 2.37. The molecule has 0 radical (unpaired) electrons. The van der Waals surface area contributed by atoms with Crippen LogP contribution in [0, 0.1) is 6.92 Å². The minimum Gasteiger partial charge on any atom is -0.449 e. The van der Waals surface area contributed by atoms with Crippen molar-refractivity contribution in [1.29, 1.82) is 0 Å². The largest absolute Gasteiger partial charge is 0.449 e. The van der Waals surface area contributed by atoms with Gasteiger partial charge < -0.3 is 4.42 Å². The number of pyridine rings is 2. The molecule has 5 rings (SSSR count). The second-order valence-corrected chi connectivity index (χ2v) is 6.45. The van der Waals surface area contributed by atoms with E-state index in [1.54, 1.807) is 0 Å². The van der Waals surface area contributed by atoms with Crippen LogP contribution in [0.3, 0.4) is 0 Å². The number of nitrogens with zero attached hydrogens (tertiary/aromatic N) is 2. The monoisotopic (exact) mass is 325 g/mol. The molecule has 3 heterocycles. The van der Waals surface area contributed by atoms with Crippen molar-refractivity contribution in [1.82, 2.24) is 4.98 Å². The Bertz CT molecular complexity index is 1270. The Kier molecular flexibility index (Phi) is 2.92. The first kappa shape index (κ1) is 14.2. The average molecular weight is 325 g/mol. The summed E-state index contributed by atoms with van der Waals surface area (Å²) in [6.07, 6.45) is 3.94. The third-order valence-electron chi connectivity index (χ3n) is 4.90. The summed E-state index contributed by atoms with van der Waals surface area (Å²) in [6, 6.07) is 18.7. The highest BCUT2D eigenvalue weighted by molar-refractivity contribution is 6.18. The second-order valence-electron chi connectivity index (χ2n) is 6.45. The molecule has 0 saturated heterocycles. The van der Waals surface area contributed by atoms with Gasteiger partial charge in [-0.15, -0.1) is 0 Å². The molecule has 3 nitrogen and oxygen atoms in total. The lowest BCUT2D eigenvalue weighted by Crippen LogP contribution is -2.30. The smallest absolute Gasteiger partial charge is 0.256 e. The van der Waals surface area contributed by atoms with Crippen LogP contribution in [0.1, 0.15) is 5.56 Å². The zero-order chi connectivity index (χ0) is 17.0. The van der Waals surface area contributed by atoms with Gasteiger partial charge in [0.2, 0.25) is 5.58 Å². The van der Waals surface area contributed by atoms with Gasteiger partial charge in [0, 0.05) is 23.0 Å². The van der Waals surface area contributed by atoms with Gasteiger partial charge in [0.15, 0.2) is 6.20 Å². The van der Waals surface area contributed by atoms with Gasteiger partial charge in [0.25, 0.3) is 5.69 Å². The maximum atomic E-state index is 6.32. The molecule has 3 heteroatoms. The van der Waals surface area contributed by atoms with E-state index in [1.807, 2.05) is 18.3 Å². The standard InChI is InChI=1S/C22H17N2O/c1-14-6-3-4-8-16(14)21-22-17(11-13-24(21)2)19-18(25-22)10-9-15-7-5-12-23-20(15)19/h3-13H,1-2H3/q+1. The van der Waals surface area contributed by atoms with Crippen LogP contribution in [-0.4, -0.2) is 4.98 Å². The highest BCUT2D eigenvalue weighted by atomic mass is 16.3. The third kappa shape index (κ3) is 1.99. The molecule has 0 aliphatic heterocycles. The first-order valence-corrected chi connectivity index (χ1v) is 8.38. The van der Waals surface area contributed by atoms with Gasteiger partial charge in [-0.05, 0) is 36.8 Å². The van der Waals surface area contributed by atoms with E-state index in [2.05, 4.69) is 72.2 Å². The van der Waals surface area contributed by atoms with Gasteiger partial charge in [0.05, 0.1) is 16.5 Å². The van der Waals surface area contributed by atoms with Crippen molar-refractivity contribution in [2.24, 2.45) is 7.05 Å². The quantitative estimate of drug-likeness (QED) is 0.409. The van der Waals surface area contributed by atoms with Crippen molar-refractivity contribution in [3.8, 4) is 11.3 Å². The first-order valence-electron chi connectivity index (χ1n) is 8.38. The highest BCUT2D eigenvalue weighted by Gasteiger charge is 2.22. The Morgan fingerprint density at radius 2 is 1.84 bits per heavy atom. The lowest BCUT2D eigenvalue weighted by Gasteiger charge is -2.04. The lowest BCUT2D eigenvalue weighted by atomic mass is 10.0. The summed E-state index contributed by atoms with van der Waals surface area (Å²) >= 11 is 0. The van der Waals surface area contributed by atoms with Crippen molar-refractivity contribution < 1.29 is 8.98 Å². The Morgan fingerprint density at radius 3 is 2.72 bits per heavy atom. The second kappa shape index (κ2) is 5.15. The Labute approximate surface area is 145 Å². The first-order chi connectivity index (χ1) is 12.2. The lowest BCUT2D eigenvalue weighted by molar-refractivity contribution is -0.659. The van der Waals surface area contributed by atoms with Crippen LogP contribution in [0.15, 0.2) is 71.4 Å². The Morgan fingerprint density at radius 1 is 0.960 bits per heavy atom. The molecule has 0 amide bonds. The van der Waals surface area contributed by atoms with Gasteiger partial charge in [0.1, 0.15) is 12.6 Å². The van der Waals surface area contributed by atoms with Crippen LogP contribution in [0.4, 0.5) is 0 Å². The van der Waals surface area contributed by atoms with E-state index in [-0.39, 0.29) is 0 Å². The zero-order valence-corrected chi connectivity index (χ0v) is 14.2. The van der Waals surface area contributed by atoms with Gasteiger partial charge in [-0.1, -0.05) is 24.3 Å². The van der Waals surface area contributed by atoms with E-state index >= 15 is 0 Å². The normalized spacial score (nSPS) is 11.6. The minimum absolute atomic E-state index is 0.877. The fraction of sp³-hybridized carbons (Fsp3) is 0.0909. The van der Waals surface area contributed by atoms with Crippen LogP contribution >= 0.6 is 0 Å². The average Bonchev–Trinajstić information content (AvgIpc) is 3.01. The topological polar surface area (TPSA) is 29.9 Å². The third-order valence-corrected chi connectivity index (χ3v) is 4.90.